The van der Waals surface area contributed by atoms with Crippen LogP contribution in [0.4, 0.5) is 5.69 Å². The first-order valence-electron chi connectivity index (χ1n) is 8.73. The highest BCUT2D eigenvalue weighted by Gasteiger charge is 2.19. The van der Waals surface area contributed by atoms with Crippen LogP contribution in [0.15, 0.2) is 64.5 Å². The van der Waals surface area contributed by atoms with Crippen molar-refractivity contribution in [3.05, 3.63) is 70.5 Å². The Balaban J connectivity index is 1.80. The molecule has 3 rings (SSSR count). The molecule has 0 saturated carbocycles. The number of carbonyl (C=O) groups excluding carboxylic acids is 1. The van der Waals surface area contributed by atoms with Crippen molar-refractivity contribution in [3.63, 3.8) is 0 Å². The van der Waals surface area contributed by atoms with Gasteiger partial charge in [0.05, 0.1) is 18.1 Å². The maximum Gasteiger partial charge on any atom is 0.270 e. The molecule has 0 aliphatic carbocycles. The SMILES string of the molecule is COc1ccc(NC(=O)[C@H](C)Sc2nc(-c3ccccc3)c(C#N)c(=O)[nH]2)cc1. The molecular weight excluding hydrogens is 388 g/mol. The zero-order chi connectivity index (χ0) is 20.8. The third kappa shape index (κ3) is 4.83. The van der Waals surface area contributed by atoms with Crippen LogP contribution >= 0.6 is 11.8 Å². The van der Waals surface area contributed by atoms with E-state index in [0.717, 1.165) is 11.8 Å². The quantitative estimate of drug-likeness (QED) is 0.480. The van der Waals surface area contributed by atoms with Crippen molar-refractivity contribution < 1.29 is 9.53 Å². The van der Waals surface area contributed by atoms with E-state index < -0.39 is 10.8 Å². The molecule has 0 aliphatic rings. The molecule has 1 atom stereocenters. The minimum Gasteiger partial charge on any atom is -0.497 e. The Morgan fingerprint density at radius 3 is 2.52 bits per heavy atom. The highest BCUT2D eigenvalue weighted by molar-refractivity contribution is 8.00. The van der Waals surface area contributed by atoms with Gasteiger partial charge in [-0.2, -0.15) is 5.26 Å². The van der Waals surface area contributed by atoms with Gasteiger partial charge in [0.2, 0.25) is 5.91 Å². The summed E-state index contributed by atoms with van der Waals surface area (Å²) < 4.78 is 5.10. The lowest BCUT2D eigenvalue weighted by Gasteiger charge is -2.12. The molecule has 2 aromatic carbocycles. The van der Waals surface area contributed by atoms with Gasteiger partial charge in [-0.1, -0.05) is 42.1 Å². The predicted octanol–water partition coefficient (Wildman–Crippen LogP) is 3.44. The van der Waals surface area contributed by atoms with Gasteiger partial charge in [0.1, 0.15) is 17.4 Å². The number of H-pyrrole nitrogens is 1. The number of rotatable bonds is 6. The largest absolute Gasteiger partial charge is 0.497 e. The molecule has 0 radical (unpaired) electrons. The fraction of sp³-hybridized carbons (Fsp3) is 0.143. The first kappa shape index (κ1) is 20.2. The molecular formula is C21H18N4O3S. The van der Waals surface area contributed by atoms with Gasteiger partial charge in [0, 0.05) is 11.3 Å². The van der Waals surface area contributed by atoms with Crippen molar-refractivity contribution in [2.24, 2.45) is 0 Å². The van der Waals surface area contributed by atoms with E-state index in [4.69, 9.17) is 4.74 Å². The van der Waals surface area contributed by atoms with Crippen LogP contribution in [0.1, 0.15) is 12.5 Å². The normalized spacial score (nSPS) is 11.3. The van der Waals surface area contributed by atoms with Crippen LogP contribution < -0.4 is 15.6 Å². The monoisotopic (exact) mass is 406 g/mol. The van der Waals surface area contributed by atoms with E-state index in [-0.39, 0.29) is 16.6 Å². The molecule has 7 nitrogen and oxygen atoms in total. The number of methoxy groups -OCH3 is 1. The smallest absolute Gasteiger partial charge is 0.270 e. The number of nitrogens with zero attached hydrogens (tertiary/aromatic N) is 2. The number of carbonyl (C=O) groups is 1. The topological polar surface area (TPSA) is 108 Å². The van der Waals surface area contributed by atoms with E-state index in [1.165, 1.54) is 0 Å². The third-order valence-electron chi connectivity index (χ3n) is 4.07. The molecule has 2 N–H and O–H groups in total. The molecule has 1 amide bonds. The minimum atomic E-state index is -0.536. The van der Waals surface area contributed by atoms with Crippen molar-refractivity contribution in [1.82, 2.24) is 9.97 Å². The zero-order valence-corrected chi connectivity index (χ0v) is 16.6. The second kappa shape index (κ2) is 9.08. The van der Waals surface area contributed by atoms with Crippen molar-refractivity contribution in [1.29, 1.82) is 5.26 Å². The number of thioether (sulfide) groups is 1. The molecule has 0 aliphatic heterocycles. The van der Waals surface area contributed by atoms with Crippen LogP contribution in [-0.2, 0) is 4.79 Å². The zero-order valence-electron chi connectivity index (χ0n) is 15.8. The summed E-state index contributed by atoms with van der Waals surface area (Å²) in [7, 11) is 1.57. The van der Waals surface area contributed by atoms with E-state index in [1.54, 1.807) is 62.6 Å². The average Bonchev–Trinajstić information content (AvgIpc) is 2.74. The summed E-state index contributed by atoms with van der Waals surface area (Å²) in [6, 6.07) is 17.9. The van der Waals surface area contributed by atoms with Gasteiger partial charge in [-0.3, -0.25) is 9.59 Å². The van der Waals surface area contributed by atoms with E-state index in [1.807, 2.05) is 12.1 Å². The maximum atomic E-state index is 12.5. The summed E-state index contributed by atoms with van der Waals surface area (Å²) in [6.07, 6.45) is 0. The number of hydrogen-bond acceptors (Lipinski definition) is 6. The lowest BCUT2D eigenvalue weighted by atomic mass is 10.1. The van der Waals surface area contributed by atoms with Crippen molar-refractivity contribution >= 4 is 23.4 Å². The molecule has 0 unspecified atom stereocenters. The van der Waals surface area contributed by atoms with E-state index in [0.29, 0.717) is 22.7 Å². The van der Waals surface area contributed by atoms with Gasteiger partial charge in [0.15, 0.2) is 5.16 Å². The summed E-state index contributed by atoms with van der Waals surface area (Å²) in [5.41, 5.74) is 0.992. The minimum absolute atomic E-state index is 0.0594. The molecule has 8 heteroatoms. The number of aromatic nitrogens is 2. The summed E-state index contributed by atoms with van der Waals surface area (Å²) in [5.74, 6) is 0.451. The van der Waals surface area contributed by atoms with Gasteiger partial charge in [-0.05, 0) is 31.2 Å². The molecule has 1 aromatic heterocycles. The maximum absolute atomic E-state index is 12.5. The van der Waals surface area contributed by atoms with Gasteiger partial charge in [-0.25, -0.2) is 4.98 Å². The van der Waals surface area contributed by atoms with Gasteiger partial charge in [-0.15, -0.1) is 0 Å². The Morgan fingerprint density at radius 1 is 1.21 bits per heavy atom. The summed E-state index contributed by atoms with van der Waals surface area (Å²) in [5, 5.41) is 11.9. The first-order valence-corrected chi connectivity index (χ1v) is 9.61. The fourth-order valence-corrected chi connectivity index (χ4v) is 3.35. The van der Waals surface area contributed by atoms with Crippen molar-refractivity contribution in [3.8, 4) is 23.1 Å². The number of nitrogens with one attached hydrogen (secondary N) is 2. The van der Waals surface area contributed by atoms with Gasteiger partial charge in [0.25, 0.3) is 5.56 Å². The van der Waals surface area contributed by atoms with Crippen molar-refractivity contribution in [2.45, 2.75) is 17.3 Å². The number of aromatic amines is 1. The number of nitriles is 1. The molecule has 1 heterocycles. The number of benzene rings is 2. The Morgan fingerprint density at radius 2 is 1.90 bits per heavy atom. The molecule has 146 valence electrons. The summed E-state index contributed by atoms with van der Waals surface area (Å²) in [6.45, 7) is 1.71. The Labute approximate surface area is 171 Å². The second-order valence-corrected chi connectivity index (χ2v) is 7.38. The lowest BCUT2D eigenvalue weighted by Crippen LogP contribution is -2.23. The Bertz CT molecular complexity index is 1110. The highest BCUT2D eigenvalue weighted by atomic mass is 32.2. The Hall–Kier alpha value is -3.57. The second-order valence-electron chi connectivity index (χ2n) is 6.05. The van der Waals surface area contributed by atoms with Gasteiger partial charge >= 0.3 is 0 Å². The highest BCUT2D eigenvalue weighted by Crippen LogP contribution is 2.25. The van der Waals surface area contributed by atoms with Crippen LogP contribution in [0.25, 0.3) is 11.3 Å². The number of hydrogen-bond donors (Lipinski definition) is 2. The lowest BCUT2D eigenvalue weighted by molar-refractivity contribution is -0.115. The summed E-state index contributed by atoms with van der Waals surface area (Å²) >= 11 is 1.11. The molecule has 0 spiro atoms. The molecule has 0 saturated heterocycles. The standard InChI is InChI=1S/C21H18N4O3S/c1-13(19(26)23-15-8-10-16(28-2)11-9-15)29-21-24-18(14-6-4-3-5-7-14)17(12-22)20(27)25-21/h3-11,13H,1-2H3,(H,23,26)(H,24,25,27)/t13-/m0/s1. The van der Waals surface area contributed by atoms with Crippen LogP contribution in [0.3, 0.4) is 0 Å². The number of amides is 1. The van der Waals surface area contributed by atoms with E-state index in [9.17, 15) is 14.9 Å². The first-order chi connectivity index (χ1) is 14.0. The van der Waals surface area contributed by atoms with Crippen LogP contribution in [0.5, 0.6) is 5.75 Å². The predicted molar refractivity (Wildman–Crippen MR) is 112 cm³/mol. The fourth-order valence-electron chi connectivity index (χ4n) is 2.56. The average molecular weight is 406 g/mol. The Kier molecular flexibility index (Phi) is 6.32. The van der Waals surface area contributed by atoms with E-state index >= 15 is 0 Å². The van der Waals surface area contributed by atoms with Crippen molar-refractivity contribution in [2.75, 3.05) is 12.4 Å². The molecule has 3 aromatic rings. The number of anilines is 1. The molecule has 0 fully saturated rings. The molecule has 29 heavy (non-hydrogen) atoms. The number of ether oxygens (including phenoxy) is 1. The summed E-state index contributed by atoms with van der Waals surface area (Å²) in [4.78, 5) is 31.8. The molecule has 0 bridgehead atoms. The third-order valence-corrected chi connectivity index (χ3v) is 5.06. The van der Waals surface area contributed by atoms with Gasteiger partial charge < -0.3 is 15.0 Å². The van der Waals surface area contributed by atoms with Crippen LogP contribution in [0.2, 0.25) is 0 Å². The van der Waals surface area contributed by atoms with Crippen LogP contribution in [-0.4, -0.2) is 28.2 Å². The van der Waals surface area contributed by atoms with Crippen LogP contribution in [0, 0.1) is 11.3 Å². The van der Waals surface area contributed by atoms with E-state index in [2.05, 4.69) is 15.3 Å².